The third kappa shape index (κ3) is 3.37. The topological polar surface area (TPSA) is 84.9 Å². The maximum Gasteiger partial charge on any atom is 0.333 e. The molecule has 7 heteroatoms. The quantitative estimate of drug-likeness (QED) is 0.832. The molecule has 1 aliphatic heterocycles. The first-order chi connectivity index (χ1) is 9.98. The second-order valence-electron chi connectivity index (χ2n) is 5.52. The molecule has 3 rings (SSSR count). The van der Waals surface area contributed by atoms with Gasteiger partial charge >= 0.3 is 10.3 Å². The fourth-order valence-electron chi connectivity index (χ4n) is 3.05. The van der Waals surface area contributed by atoms with Gasteiger partial charge in [-0.2, -0.15) is 13.1 Å². The molecule has 6 nitrogen and oxygen atoms in total. The van der Waals surface area contributed by atoms with Crippen molar-refractivity contribution >= 4 is 10.3 Å². The van der Waals surface area contributed by atoms with E-state index in [1.165, 1.54) is 0 Å². The second-order valence-corrected chi connectivity index (χ2v) is 6.76. The number of hydrogen-bond acceptors (Lipinski definition) is 4. The number of hydrogen-bond donors (Lipinski definition) is 2. The maximum atomic E-state index is 10.7. The Morgan fingerprint density at radius 1 is 1.29 bits per heavy atom. The van der Waals surface area contributed by atoms with Crippen LogP contribution < -0.4 is 9.46 Å². The van der Waals surface area contributed by atoms with E-state index < -0.39 is 16.1 Å². The lowest BCUT2D eigenvalue weighted by Crippen LogP contribution is -2.41. The molecule has 1 saturated carbocycles. The van der Waals surface area contributed by atoms with Crippen molar-refractivity contribution in [3.05, 3.63) is 29.8 Å². The lowest BCUT2D eigenvalue weighted by atomic mass is 10.0. The molecule has 0 bridgehead atoms. The van der Waals surface area contributed by atoms with Gasteiger partial charge < -0.3 is 9.47 Å². The van der Waals surface area contributed by atoms with E-state index in [9.17, 15) is 8.42 Å². The molecule has 116 valence electrons. The number of ether oxygens (including phenoxy) is 2. The zero-order valence-electron chi connectivity index (χ0n) is 11.6. The molecule has 21 heavy (non-hydrogen) atoms. The van der Waals surface area contributed by atoms with Crippen molar-refractivity contribution < 1.29 is 22.4 Å². The Kier molecular flexibility index (Phi) is 3.92. The van der Waals surface area contributed by atoms with Crippen LogP contribution in [-0.2, 0) is 15.0 Å². The van der Waals surface area contributed by atoms with Crippen molar-refractivity contribution in [1.82, 2.24) is 4.72 Å². The Morgan fingerprint density at radius 3 is 2.71 bits per heavy atom. The number of rotatable bonds is 4. The minimum absolute atomic E-state index is 0.119. The lowest BCUT2D eigenvalue weighted by molar-refractivity contribution is -0.226. The molecule has 0 saturated heterocycles. The van der Waals surface area contributed by atoms with Gasteiger partial charge in [-0.05, 0) is 25.3 Å². The molecule has 1 aromatic carbocycles. The number of nitrogens with one attached hydrogen (secondary N) is 1. The molecule has 0 radical (unpaired) electrons. The average molecular weight is 313 g/mol. The molecule has 1 aliphatic carbocycles. The molecule has 2 N–H and O–H groups in total. The highest BCUT2D eigenvalue weighted by atomic mass is 32.2. The van der Waals surface area contributed by atoms with Gasteiger partial charge in [0.25, 0.3) is 0 Å². The van der Waals surface area contributed by atoms with Gasteiger partial charge in [-0.1, -0.05) is 18.2 Å². The van der Waals surface area contributed by atoms with Crippen molar-refractivity contribution in [1.29, 1.82) is 0 Å². The summed E-state index contributed by atoms with van der Waals surface area (Å²) in [5.41, 5.74) is 0.923. The highest BCUT2D eigenvalue weighted by Gasteiger charge is 2.43. The first-order valence-electron chi connectivity index (χ1n) is 7.15. The van der Waals surface area contributed by atoms with Gasteiger partial charge in [-0.3, -0.25) is 4.55 Å². The first-order valence-corrected chi connectivity index (χ1v) is 8.59. The summed E-state index contributed by atoms with van der Waals surface area (Å²) in [5.74, 6) is 0.236. The highest BCUT2D eigenvalue weighted by Crippen LogP contribution is 2.46. The SMILES string of the molecule is O=S(=O)(O)NCCC1OC2(CCCC2)Oc2ccccc21. The van der Waals surface area contributed by atoms with E-state index in [1.54, 1.807) is 0 Å². The summed E-state index contributed by atoms with van der Waals surface area (Å²) in [6.07, 6.45) is 4.05. The number of benzene rings is 1. The summed E-state index contributed by atoms with van der Waals surface area (Å²) in [4.78, 5) is 0. The van der Waals surface area contributed by atoms with Gasteiger partial charge in [0.05, 0.1) is 6.10 Å². The molecule has 1 atom stereocenters. The standard InChI is InChI=1S/C14H19NO5S/c16-21(17,18)15-10-7-13-11-5-1-2-6-12(11)19-14(20-13)8-3-4-9-14/h1-2,5-6,13,15H,3-4,7-10H2,(H,16,17,18). The third-order valence-electron chi connectivity index (χ3n) is 3.98. The molecule has 1 fully saturated rings. The Morgan fingerprint density at radius 2 is 2.00 bits per heavy atom. The summed E-state index contributed by atoms with van der Waals surface area (Å²) < 4.78 is 44.5. The molecule has 1 spiro atoms. The monoisotopic (exact) mass is 313 g/mol. The van der Waals surface area contributed by atoms with Crippen LogP contribution in [0, 0.1) is 0 Å². The third-order valence-corrected chi connectivity index (χ3v) is 4.54. The normalized spacial score (nSPS) is 23.8. The van der Waals surface area contributed by atoms with Crippen LogP contribution in [0.4, 0.5) is 0 Å². The molecule has 1 heterocycles. The Balaban J connectivity index is 1.78. The first kappa shape index (κ1) is 14.8. The minimum atomic E-state index is -4.17. The lowest BCUT2D eigenvalue weighted by Gasteiger charge is -2.40. The fourth-order valence-corrected chi connectivity index (χ4v) is 3.43. The van der Waals surface area contributed by atoms with Gasteiger partial charge in [0.1, 0.15) is 5.75 Å². The Hall–Kier alpha value is -1.15. The molecule has 1 aromatic rings. The smallest absolute Gasteiger partial charge is 0.333 e. The minimum Gasteiger partial charge on any atom is -0.462 e. The summed E-state index contributed by atoms with van der Waals surface area (Å²) in [6, 6.07) is 7.66. The summed E-state index contributed by atoms with van der Waals surface area (Å²) in [7, 11) is -4.17. The van der Waals surface area contributed by atoms with Crippen LogP contribution >= 0.6 is 0 Å². The molecule has 0 aromatic heterocycles. The fraction of sp³-hybridized carbons (Fsp3) is 0.571. The number of para-hydroxylation sites is 1. The van der Waals surface area contributed by atoms with Crippen LogP contribution in [0.1, 0.15) is 43.8 Å². The number of fused-ring (bicyclic) bond motifs is 1. The van der Waals surface area contributed by atoms with Crippen LogP contribution in [0.15, 0.2) is 24.3 Å². The van der Waals surface area contributed by atoms with Crippen molar-refractivity contribution in [2.24, 2.45) is 0 Å². The largest absolute Gasteiger partial charge is 0.462 e. The maximum absolute atomic E-state index is 10.7. The zero-order chi connectivity index (χ0) is 14.9. The van der Waals surface area contributed by atoms with Crippen LogP contribution in [0.3, 0.4) is 0 Å². The van der Waals surface area contributed by atoms with Crippen molar-refractivity contribution in [2.75, 3.05) is 6.54 Å². The van der Waals surface area contributed by atoms with E-state index >= 15 is 0 Å². The molecule has 0 amide bonds. The predicted octanol–water partition coefficient (Wildman–Crippen LogP) is 2.19. The zero-order valence-corrected chi connectivity index (χ0v) is 12.4. The Bertz CT molecular complexity index is 610. The van der Waals surface area contributed by atoms with Gasteiger partial charge in [-0.15, -0.1) is 0 Å². The van der Waals surface area contributed by atoms with Crippen molar-refractivity contribution in [2.45, 2.75) is 44.0 Å². The average Bonchev–Trinajstić information content (AvgIpc) is 2.85. The summed E-state index contributed by atoms with van der Waals surface area (Å²) >= 11 is 0. The summed E-state index contributed by atoms with van der Waals surface area (Å²) in [5, 5.41) is 0. The van der Waals surface area contributed by atoms with Gasteiger partial charge in [0, 0.05) is 24.9 Å². The van der Waals surface area contributed by atoms with E-state index in [-0.39, 0.29) is 12.6 Å². The van der Waals surface area contributed by atoms with Gasteiger partial charge in [-0.25, -0.2) is 0 Å². The van der Waals surface area contributed by atoms with Gasteiger partial charge in [0.2, 0.25) is 5.79 Å². The van der Waals surface area contributed by atoms with Crippen molar-refractivity contribution in [3.8, 4) is 5.75 Å². The van der Waals surface area contributed by atoms with E-state index in [0.717, 1.165) is 37.0 Å². The van der Waals surface area contributed by atoms with E-state index in [0.29, 0.717) is 6.42 Å². The summed E-state index contributed by atoms with van der Waals surface area (Å²) in [6.45, 7) is 0.119. The van der Waals surface area contributed by atoms with E-state index in [1.807, 2.05) is 24.3 Å². The van der Waals surface area contributed by atoms with Crippen LogP contribution in [0.5, 0.6) is 5.75 Å². The van der Waals surface area contributed by atoms with Crippen LogP contribution in [0.2, 0.25) is 0 Å². The van der Waals surface area contributed by atoms with E-state index in [2.05, 4.69) is 4.72 Å². The van der Waals surface area contributed by atoms with Crippen LogP contribution in [-0.4, -0.2) is 25.3 Å². The highest BCUT2D eigenvalue weighted by molar-refractivity contribution is 7.83. The second kappa shape index (κ2) is 5.57. The molecular weight excluding hydrogens is 294 g/mol. The molecular formula is C14H19NO5S. The van der Waals surface area contributed by atoms with Crippen LogP contribution in [0.25, 0.3) is 0 Å². The van der Waals surface area contributed by atoms with Crippen molar-refractivity contribution in [3.63, 3.8) is 0 Å². The predicted molar refractivity (Wildman–Crippen MR) is 76.3 cm³/mol. The molecule has 2 aliphatic rings. The molecule has 1 unspecified atom stereocenters. The Labute approximate surface area is 124 Å². The van der Waals surface area contributed by atoms with Gasteiger partial charge in [0.15, 0.2) is 0 Å². The van der Waals surface area contributed by atoms with E-state index in [4.69, 9.17) is 14.0 Å².